The SMILES string of the molecule is CCCN1CCN(C(c2ccccc2)c2ccccc2)CC1(C)Cc1ccc2c(c1)OCCO2. The van der Waals surface area contributed by atoms with E-state index in [-0.39, 0.29) is 11.6 Å². The Morgan fingerprint density at radius 3 is 2.12 bits per heavy atom. The van der Waals surface area contributed by atoms with Gasteiger partial charge in [0.25, 0.3) is 0 Å². The van der Waals surface area contributed by atoms with E-state index in [1.165, 1.54) is 16.7 Å². The number of nitrogens with zero attached hydrogens (tertiary/aromatic N) is 2. The Bertz CT molecular complexity index is 1030. The largest absolute Gasteiger partial charge is 0.486 e. The summed E-state index contributed by atoms with van der Waals surface area (Å²) in [6, 6.07) is 28.7. The van der Waals surface area contributed by atoms with Gasteiger partial charge in [-0.3, -0.25) is 9.80 Å². The van der Waals surface area contributed by atoms with Crippen LogP contribution in [-0.4, -0.2) is 54.7 Å². The molecule has 1 saturated heterocycles. The van der Waals surface area contributed by atoms with Crippen LogP contribution in [0.1, 0.15) is 43.0 Å². The van der Waals surface area contributed by atoms with Crippen molar-refractivity contribution in [2.24, 2.45) is 0 Å². The summed E-state index contributed by atoms with van der Waals surface area (Å²) >= 11 is 0. The molecule has 1 fully saturated rings. The molecule has 0 radical (unpaired) electrons. The number of ether oxygens (including phenoxy) is 2. The van der Waals surface area contributed by atoms with Crippen LogP contribution in [0.3, 0.4) is 0 Å². The van der Waals surface area contributed by atoms with Crippen molar-refractivity contribution >= 4 is 0 Å². The molecule has 3 aromatic rings. The van der Waals surface area contributed by atoms with E-state index in [0.717, 1.165) is 50.5 Å². The van der Waals surface area contributed by atoms with Gasteiger partial charge in [-0.25, -0.2) is 0 Å². The molecular formula is C30H36N2O2. The van der Waals surface area contributed by atoms with Gasteiger partial charge in [0.05, 0.1) is 6.04 Å². The standard InChI is InChI=1S/C30H36N2O2/c1-3-16-32-18-17-31(29(25-10-6-4-7-11-25)26-12-8-5-9-13-26)23-30(32,2)22-24-14-15-27-28(21-24)34-20-19-33-27/h4-15,21,29H,3,16-20,22-23H2,1-2H3. The van der Waals surface area contributed by atoms with E-state index in [0.29, 0.717) is 13.2 Å². The molecule has 0 aliphatic carbocycles. The first-order chi connectivity index (χ1) is 16.7. The van der Waals surface area contributed by atoms with Gasteiger partial charge in [0.2, 0.25) is 0 Å². The topological polar surface area (TPSA) is 24.9 Å². The predicted molar refractivity (Wildman–Crippen MR) is 138 cm³/mol. The van der Waals surface area contributed by atoms with Crippen LogP contribution < -0.4 is 9.47 Å². The van der Waals surface area contributed by atoms with Crippen LogP contribution in [0.15, 0.2) is 78.9 Å². The number of fused-ring (bicyclic) bond motifs is 1. The summed E-state index contributed by atoms with van der Waals surface area (Å²) in [5.74, 6) is 1.75. The molecular weight excluding hydrogens is 420 g/mol. The number of hydrogen-bond donors (Lipinski definition) is 0. The summed E-state index contributed by atoms with van der Waals surface area (Å²) in [4.78, 5) is 5.39. The number of benzene rings is 3. The Kier molecular flexibility index (Phi) is 6.89. The summed E-state index contributed by atoms with van der Waals surface area (Å²) < 4.78 is 11.6. The second-order valence-corrected chi connectivity index (χ2v) is 9.83. The van der Waals surface area contributed by atoms with Crippen molar-refractivity contribution in [3.05, 3.63) is 95.6 Å². The first kappa shape index (κ1) is 22.9. The van der Waals surface area contributed by atoms with Gasteiger partial charge in [-0.15, -0.1) is 0 Å². The van der Waals surface area contributed by atoms with Crippen LogP contribution in [0, 0.1) is 0 Å². The third kappa shape index (κ3) is 4.84. The van der Waals surface area contributed by atoms with Crippen molar-refractivity contribution in [1.82, 2.24) is 9.80 Å². The van der Waals surface area contributed by atoms with Gasteiger partial charge < -0.3 is 9.47 Å². The molecule has 1 unspecified atom stereocenters. The van der Waals surface area contributed by atoms with Crippen LogP contribution in [0.2, 0.25) is 0 Å². The smallest absolute Gasteiger partial charge is 0.161 e. The molecule has 0 aromatic heterocycles. The number of rotatable bonds is 7. The lowest BCUT2D eigenvalue weighted by molar-refractivity contribution is -0.00437. The highest BCUT2D eigenvalue weighted by Gasteiger charge is 2.40. The highest BCUT2D eigenvalue weighted by atomic mass is 16.6. The lowest BCUT2D eigenvalue weighted by Gasteiger charge is -2.51. The highest BCUT2D eigenvalue weighted by Crippen LogP contribution is 2.37. The van der Waals surface area contributed by atoms with E-state index >= 15 is 0 Å². The number of hydrogen-bond acceptors (Lipinski definition) is 4. The number of piperazine rings is 1. The maximum atomic E-state index is 5.89. The fourth-order valence-electron chi connectivity index (χ4n) is 5.70. The first-order valence-electron chi connectivity index (χ1n) is 12.6. The van der Waals surface area contributed by atoms with Gasteiger partial charge >= 0.3 is 0 Å². The minimum Gasteiger partial charge on any atom is -0.486 e. The Hall–Kier alpha value is -2.82. The average Bonchev–Trinajstić information content (AvgIpc) is 2.87. The normalized spacial score (nSPS) is 21.0. The van der Waals surface area contributed by atoms with Crippen LogP contribution in [-0.2, 0) is 6.42 Å². The van der Waals surface area contributed by atoms with Gasteiger partial charge in [-0.1, -0.05) is 73.7 Å². The molecule has 4 heteroatoms. The second kappa shape index (κ2) is 10.2. The molecule has 0 saturated carbocycles. The molecule has 5 rings (SSSR count). The van der Waals surface area contributed by atoms with E-state index in [1.807, 2.05) is 0 Å². The van der Waals surface area contributed by atoms with Gasteiger partial charge in [0, 0.05) is 25.2 Å². The molecule has 1 atom stereocenters. The molecule has 178 valence electrons. The second-order valence-electron chi connectivity index (χ2n) is 9.83. The Morgan fingerprint density at radius 1 is 0.824 bits per heavy atom. The summed E-state index contributed by atoms with van der Waals surface area (Å²) in [5, 5.41) is 0. The fourth-order valence-corrected chi connectivity index (χ4v) is 5.70. The van der Waals surface area contributed by atoms with Crippen molar-refractivity contribution in [3.8, 4) is 11.5 Å². The molecule has 3 aromatic carbocycles. The average molecular weight is 457 g/mol. The van der Waals surface area contributed by atoms with E-state index in [1.54, 1.807) is 0 Å². The van der Waals surface area contributed by atoms with Crippen molar-refractivity contribution in [1.29, 1.82) is 0 Å². The molecule has 2 heterocycles. The zero-order valence-electron chi connectivity index (χ0n) is 20.5. The maximum Gasteiger partial charge on any atom is 0.161 e. The molecule has 2 aliphatic heterocycles. The highest BCUT2D eigenvalue weighted by molar-refractivity contribution is 5.44. The van der Waals surface area contributed by atoms with Crippen molar-refractivity contribution < 1.29 is 9.47 Å². The predicted octanol–water partition coefficient (Wildman–Crippen LogP) is 5.58. The van der Waals surface area contributed by atoms with Crippen molar-refractivity contribution in [2.75, 3.05) is 39.4 Å². The fraction of sp³-hybridized carbons (Fsp3) is 0.400. The van der Waals surface area contributed by atoms with Crippen molar-refractivity contribution in [3.63, 3.8) is 0 Å². The van der Waals surface area contributed by atoms with Crippen LogP contribution in [0.25, 0.3) is 0 Å². The molecule has 4 nitrogen and oxygen atoms in total. The molecule has 2 aliphatic rings. The quantitative estimate of drug-likeness (QED) is 0.464. The van der Waals surface area contributed by atoms with Crippen LogP contribution in [0.5, 0.6) is 11.5 Å². The summed E-state index contributed by atoms with van der Waals surface area (Å²) in [5.41, 5.74) is 4.06. The first-order valence-corrected chi connectivity index (χ1v) is 12.6. The zero-order valence-corrected chi connectivity index (χ0v) is 20.5. The van der Waals surface area contributed by atoms with Gasteiger partial charge in [-0.2, -0.15) is 0 Å². The molecule has 34 heavy (non-hydrogen) atoms. The van der Waals surface area contributed by atoms with E-state index in [4.69, 9.17) is 9.47 Å². The summed E-state index contributed by atoms with van der Waals surface area (Å²) in [7, 11) is 0. The van der Waals surface area contributed by atoms with Gasteiger partial charge in [-0.05, 0) is 55.1 Å². The molecule has 0 bridgehead atoms. The van der Waals surface area contributed by atoms with Crippen molar-refractivity contribution in [2.45, 2.75) is 38.3 Å². The molecule has 0 spiro atoms. The minimum absolute atomic E-state index is 0.0276. The van der Waals surface area contributed by atoms with Gasteiger partial charge in [0.1, 0.15) is 13.2 Å². The van der Waals surface area contributed by atoms with Crippen LogP contribution in [0.4, 0.5) is 0 Å². The minimum atomic E-state index is 0.0276. The summed E-state index contributed by atoms with van der Waals surface area (Å²) in [6.45, 7) is 10.2. The lowest BCUT2D eigenvalue weighted by atomic mass is 9.86. The third-order valence-corrected chi connectivity index (χ3v) is 7.25. The molecule has 0 amide bonds. The van der Waals surface area contributed by atoms with E-state index in [2.05, 4.69) is 103 Å². The maximum absolute atomic E-state index is 5.89. The zero-order chi connectivity index (χ0) is 23.4. The Labute approximate surface area is 204 Å². The lowest BCUT2D eigenvalue weighted by Crippen LogP contribution is -2.62. The van der Waals surface area contributed by atoms with Crippen LogP contribution >= 0.6 is 0 Å². The third-order valence-electron chi connectivity index (χ3n) is 7.25. The van der Waals surface area contributed by atoms with E-state index in [9.17, 15) is 0 Å². The van der Waals surface area contributed by atoms with Gasteiger partial charge in [0.15, 0.2) is 11.5 Å². The van der Waals surface area contributed by atoms with E-state index < -0.39 is 0 Å². The monoisotopic (exact) mass is 456 g/mol. The molecule has 0 N–H and O–H groups in total. The Morgan fingerprint density at radius 2 is 1.47 bits per heavy atom. The Balaban J connectivity index is 1.46. The summed E-state index contributed by atoms with van der Waals surface area (Å²) in [6.07, 6.45) is 2.15.